The Bertz CT molecular complexity index is 414. The van der Waals surface area contributed by atoms with Crippen LogP contribution in [0.1, 0.15) is 44.9 Å². The van der Waals surface area contributed by atoms with Crippen molar-refractivity contribution in [2.45, 2.75) is 51.0 Å². The Morgan fingerprint density at radius 3 is 2.47 bits per heavy atom. The highest BCUT2D eigenvalue weighted by molar-refractivity contribution is 7.89. The highest BCUT2D eigenvalue weighted by atomic mass is 32.2. The standard InChI is InChI=1S/C13H23NO4S/c1-18-13(15)12-8-5-9-14(12)19(16,17)10-11-6-3-2-4-7-11/h11-12H,2-10H2,1H3. The molecule has 0 amide bonds. The van der Waals surface area contributed by atoms with E-state index in [4.69, 9.17) is 4.74 Å². The molecule has 0 aromatic heterocycles. The lowest BCUT2D eigenvalue weighted by atomic mass is 9.91. The van der Waals surface area contributed by atoms with Gasteiger partial charge in [-0.05, 0) is 31.6 Å². The first kappa shape index (κ1) is 14.8. The molecule has 1 aliphatic heterocycles. The summed E-state index contributed by atoms with van der Waals surface area (Å²) in [6.45, 7) is 0.453. The van der Waals surface area contributed by atoms with Crippen molar-refractivity contribution >= 4 is 16.0 Å². The highest BCUT2D eigenvalue weighted by Gasteiger charge is 2.40. The first-order valence-corrected chi connectivity index (χ1v) is 8.73. The quantitative estimate of drug-likeness (QED) is 0.736. The van der Waals surface area contributed by atoms with Crippen molar-refractivity contribution in [1.29, 1.82) is 0 Å². The molecule has 1 heterocycles. The lowest BCUT2D eigenvalue weighted by Gasteiger charge is -2.26. The summed E-state index contributed by atoms with van der Waals surface area (Å²) in [6, 6.07) is -0.599. The number of rotatable bonds is 4. The number of ether oxygens (including phenoxy) is 1. The van der Waals surface area contributed by atoms with E-state index in [-0.39, 0.29) is 11.7 Å². The van der Waals surface area contributed by atoms with Crippen LogP contribution in [0.15, 0.2) is 0 Å². The van der Waals surface area contributed by atoms with Crippen LogP contribution in [-0.4, -0.2) is 44.1 Å². The van der Waals surface area contributed by atoms with Gasteiger partial charge in [0.05, 0.1) is 12.9 Å². The third kappa shape index (κ3) is 3.48. The number of carbonyl (C=O) groups excluding carboxylic acids is 1. The first-order chi connectivity index (χ1) is 9.04. The summed E-state index contributed by atoms with van der Waals surface area (Å²) in [5.41, 5.74) is 0. The molecule has 2 rings (SSSR count). The Kier molecular flexibility index (Phi) is 4.84. The molecule has 1 saturated carbocycles. The fourth-order valence-electron chi connectivity index (χ4n) is 3.19. The third-order valence-corrected chi connectivity index (χ3v) is 6.25. The number of hydrogen-bond acceptors (Lipinski definition) is 4. The van der Waals surface area contributed by atoms with Crippen molar-refractivity contribution in [2.75, 3.05) is 19.4 Å². The van der Waals surface area contributed by atoms with Crippen molar-refractivity contribution < 1.29 is 17.9 Å². The average Bonchev–Trinajstić information content (AvgIpc) is 2.88. The normalized spacial score (nSPS) is 26.5. The molecule has 0 radical (unpaired) electrons. The van der Waals surface area contributed by atoms with Crippen LogP contribution in [0.25, 0.3) is 0 Å². The maximum Gasteiger partial charge on any atom is 0.324 e. The lowest BCUT2D eigenvalue weighted by Crippen LogP contribution is -2.43. The highest BCUT2D eigenvalue weighted by Crippen LogP contribution is 2.29. The van der Waals surface area contributed by atoms with Gasteiger partial charge in [0.15, 0.2) is 0 Å². The van der Waals surface area contributed by atoms with E-state index < -0.39 is 22.0 Å². The zero-order chi connectivity index (χ0) is 13.9. The fourth-order valence-corrected chi connectivity index (χ4v) is 5.30. The van der Waals surface area contributed by atoms with E-state index in [0.29, 0.717) is 13.0 Å². The Labute approximate surface area is 115 Å². The van der Waals surface area contributed by atoms with Gasteiger partial charge in [-0.25, -0.2) is 8.42 Å². The van der Waals surface area contributed by atoms with E-state index in [1.54, 1.807) is 0 Å². The minimum atomic E-state index is -3.33. The molecule has 6 heteroatoms. The molecule has 0 N–H and O–H groups in total. The molecule has 1 unspecified atom stereocenters. The van der Waals surface area contributed by atoms with Crippen molar-refractivity contribution in [3.8, 4) is 0 Å². The third-order valence-electron chi connectivity index (χ3n) is 4.21. The zero-order valence-corrected chi connectivity index (χ0v) is 12.3. The second kappa shape index (κ2) is 6.22. The average molecular weight is 289 g/mol. The molecule has 19 heavy (non-hydrogen) atoms. The van der Waals surface area contributed by atoms with Crippen molar-refractivity contribution in [2.24, 2.45) is 5.92 Å². The molecule has 1 atom stereocenters. The summed E-state index contributed by atoms with van der Waals surface area (Å²) < 4.78 is 31.0. The molecule has 0 bridgehead atoms. The summed E-state index contributed by atoms with van der Waals surface area (Å²) in [7, 11) is -2.02. The van der Waals surface area contributed by atoms with Gasteiger partial charge in [0, 0.05) is 6.54 Å². The molecule has 0 aromatic rings. The monoisotopic (exact) mass is 289 g/mol. The van der Waals surface area contributed by atoms with Crippen LogP contribution >= 0.6 is 0 Å². The van der Waals surface area contributed by atoms with E-state index in [0.717, 1.165) is 32.1 Å². The number of esters is 1. The first-order valence-electron chi connectivity index (χ1n) is 7.12. The Morgan fingerprint density at radius 1 is 1.16 bits per heavy atom. The predicted molar refractivity (Wildman–Crippen MR) is 72.1 cm³/mol. The summed E-state index contributed by atoms with van der Waals surface area (Å²) >= 11 is 0. The number of sulfonamides is 1. The van der Waals surface area contributed by atoms with Gasteiger partial charge in [-0.1, -0.05) is 19.3 Å². The van der Waals surface area contributed by atoms with Crippen LogP contribution in [0.4, 0.5) is 0 Å². The van der Waals surface area contributed by atoms with Gasteiger partial charge in [-0.15, -0.1) is 0 Å². The van der Waals surface area contributed by atoms with Gasteiger partial charge in [0.1, 0.15) is 6.04 Å². The van der Waals surface area contributed by atoms with Crippen LogP contribution in [0.2, 0.25) is 0 Å². The minimum absolute atomic E-state index is 0.195. The molecule has 1 aliphatic carbocycles. The molecule has 2 aliphatic rings. The SMILES string of the molecule is COC(=O)C1CCCN1S(=O)(=O)CC1CCCCC1. The molecule has 0 aromatic carbocycles. The van der Waals surface area contributed by atoms with Crippen LogP contribution in [0.3, 0.4) is 0 Å². The van der Waals surface area contributed by atoms with E-state index in [1.807, 2.05) is 0 Å². The van der Waals surface area contributed by atoms with Gasteiger partial charge in [-0.3, -0.25) is 4.79 Å². The lowest BCUT2D eigenvalue weighted by molar-refractivity contribution is -0.144. The molecule has 110 valence electrons. The van der Waals surface area contributed by atoms with E-state index in [2.05, 4.69) is 0 Å². The van der Waals surface area contributed by atoms with Crippen molar-refractivity contribution in [1.82, 2.24) is 4.31 Å². The molecule has 1 saturated heterocycles. The topological polar surface area (TPSA) is 63.7 Å². The van der Waals surface area contributed by atoms with Gasteiger partial charge >= 0.3 is 5.97 Å². The molecular formula is C13H23NO4S. The van der Waals surface area contributed by atoms with E-state index >= 15 is 0 Å². The second-order valence-corrected chi connectivity index (χ2v) is 7.54. The van der Waals surface area contributed by atoms with Crippen LogP contribution in [0, 0.1) is 5.92 Å². The van der Waals surface area contributed by atoms with Crippen molar-refractivity contribution in [3.63, 3.8) is 0 Å². The van der Waals surface area contributed by atoms with Gasteiger partial charge < -0.3 is 4.74 Å². The number of hydrogen-bond donors (Lipinski definition) is 0. The smallest absolute Gasteiger partial charge is 0.324 e. The second-order valence-electron chi connectivity index (χ2n) is 5.57. The number of carbonyl (C=O) groups is 1. The maximum atomic E-state index is 12.4. The summed E-state index contributed by atoms with van der Waals surface area (Å²) in [5.74, 6) is 0.0305. The Morgan fingerprint density at radius 2 is 1.84 bits per heavy atom. The van der Waals surface area contributed by atoms with Gasteiger partial charge in [0.25, 0.3) is 0 Å². The van der Waals surface area contributed by atoms with E-state index in [1.165, 1.54) is 17.8 Å². The summed E-state index contributed by atoms with van der Waals surface area (Å²) in [5, 5.41) is 0. The molecule has 5 nitrogen and oxygen atoms in total. The number of nitrogens with zero attached hydrogens (tertiary/aromatic N) is 1. The summed E-state index contributed by atoms with van der Waals surface area (Å²) in [6.07, 6.45) is 6.78. The van der Waals surface area contributed by atoms with E-state index in [9.17, 15) is 13.2 Å². The Hall–Kier alpha value is -0.620. The molecule has 2 fully saturated rings. The maximum absolute atomic E-state index is 12.4. The molecular weight excluding hydrogens is 266 g/mol. The Balaban J connectivity index is 2.03. The minimum Gasteiger partial charge on any atom is -0.468 e. The summed E-state index contributed by atoms with van der Waals surface area (Å²) in [4.78, 5) is 11.6. The van der Waals surface area contributed by atoms with Crippen LogP contribution < -0.4 is 0 Å². The van der Waals surface area contributed by atoms with Gasteiger partial charge in [-0.2, -0.15) is 4.31 Å². The van der Waals surface area contributed by atoms with Gasteiger partial charge in [0.2, 0.25) is 10.0 Å². The fraction of sp³-hybridized carbons (Fsp3) is 0.923. The largest absolute Gasteiger partial charge is 0.468 e. The molecule has 0 spiro atoms. The van der Waals surface area contributed by atoms with Crippen molar-refractivity contribution in [3.05, 3.63) is 0 Å². The van der Waals surface area contributed by atoms with Crippen LogP contribution in [0.5, 0.6) is 0 Å². The predicted octanol–water partition coefficient (Wildman–Crippen LogP) is 1.53. The number of methoxy groups -OCH3 is 1. The zero-order valence-electron chi connectivity index (χ0n) is 11.5. The van der Waals surface area contributed by atoms with Crippen LogP contribution in [-0.2, 0) is 19.6 Å².